The fourth-order valence-electron chi connectivity index (χ4n) is 3.36. The fourth-order valence-corrected chi connectivity index (χ4v) is 3.36. The number of halogens is 1. The molecule has 0 fully saturated rings. The Hall–Kier alpha value is -4.53. The van der Waals surface area contributed by atoms with Gasteiger partial charge in [0, 0.05) is 5.69 Å². The highest BCUT2D eigenvalue weighted by Crippen LogP contribution is 2.14. The molecule has 0 saturated heterocycles. The molecule has 3 aromatic carbocycles. The van der Waals surface area contributed by atoms with Gasteiger partial charge in [0.25, 0.3) is 11.5 Å². The van der Waals surface area contributed by atoms with Crippen LogP contribution in [-0.2, 0) is 6.54 Å². The van der Waals surface area contributed by atoms with Crippen molar-refractivity contribution in [2.45, 2.75) is 13.5 Å². The van der Waals surface area contributed by atoms with Crippen molar-refractivity contribution in [2.24, 2.45) is 0 Å². The monoisotopic (exact) mass is 460 g/mol. The van der Waals surface area contributed by atoms with Crippen LogP contribution in [0.3, 0.4) is 0 Å². The lowest BCUT2D eigenvalue weighted by Crippen LogP contribution is -2.45. The highest BCUT2D eigenvalue weighted by atomic mass is 19.1. The second-order valence-corrected chi connectivity index (χ2v) is 7.59. The topological polar surface area (TPSA) is 95.2 Å². The summed E-state index contributed by atoms with van der Waals surface area (Å²) in [5, 5.41) is 6.53. The molecule has 0 saturated carbocycles. The number of nitrogens with zero attached hydrogens (tertiary/aromatic N) is 3. The van der Waals surface area contributed by atoms with Crippen LogP contribution in [0, 0.1) is 12.7 Å². The number of carbonyl (C=O) groups is 1. The molecule has 0 spiro atoms. The largest absolute Gasteiger partial charge is 0.497 e. The number of rotatable bonds is 6. The Morgan fingerprint density at radius 1 is 1.03 bits per heavy atom. The zero-order chi connectivity index (χ0) is 24.2. The molecule has 4 aromatic rings. The van der Waals surface area contributed by atoms with Crippen LogP contribution in [0.15, 0.2) is 82.4 Å². The summed E-state index contributed by atoms with van der Waals surface area (Å²) in [6, 6.07) is 19.0. The summed E-state index contributed by atoms with van der Waals surface area (Å²) in [4.78, 5) is 39.4. The highest BCUT2D eigenvalue weighted by Gasteiger charge is 2.21. The molecule has 1 aromatic heterocycles. The van der Waals surface area contributed by atoms with Crippen molar-refractivity contribution in [1.82, 2.24) is 14.3 Å². The third kappa shape index (κ3) is 4.78. The summed E-state index contributed by atoms with van der Waals surface area (Å²) >= 11 is 0. The van der Waals surface area contributed by atoms with E-state index in [1.807, 2.05) is 6.92 Å². The van der Waals surface area contributed by atoms with Gasteiger partial charge in [0.1, 0.15) is 11.6 Å². The number of nitrogens with one attached hydrogen (secondary N) is 1. The molecule has 0 aliphatic rings. The first-order chi connectivity index (χ1) is 16.4. The zero-order valence-corrected chi connectivity index (χ0v) is 18.5. The van der Waals surface area contributed by atoms with E-state index in [4.69, 9.17) is 4.74 Å². The standard InChI is InChI=1S/C25H21FN4O4/c1-16-9-11-20(12-10-16)30-25(33)29(15-17-5-3-8-21(13-17)34-2)24(32)22(28-30)23(31)27-19-7-4-6-18(26)14-19/h3-14H,15H2,1-2H3,(H,27,31). The summed E-state index contributed by atoms with van der Waals surface area (Å²) in [5.41, 5.74) is 0.0343. The normalized spacial score (nSPS) is 10.7. The number of amides is 1. The molecule has 1 heterocycles. The van der Waals surface area contributed by atoms with E-state index in [-0.39, 0.29) is 12.2 Å². The van der Waals surface area contributed by atoms with Gasteiger partial charge < -0.3 is 10.1 Å². The molecule has 4 rings (SSSR count). The quantitative estimate of drug-likeness (QED) is 0.477. The highest BCUT2D eigenvalue weighted by molar-refractivity contribution is 6.02. The Bertz CT molecular complexity index is 1480. The number of hydrogen-bond acceptors (Lipinski definition) is 5. The first-order valence-corrected chi connectivity index (χ1v) is 10.4. The van der Waals surface area contributed by atoms with Gasteiger partial charge in [0.05, 0.1) is 19.3 Å². The van der Waals surface area contributed by atoms with E-state index in [9.17, 15) is 18.8 Å². The third-order valence-corrected chi connectivity index (χ3v) is 5.11. The summed E-state index contributed by atoms with van der Waals surface area (Å²) in [6.45, 7) is 1.78. The van der Waals surface area contributed by atoms with Crippen molar-refractivity contribution < 1.29 is 13.9 Å². The summed E-state index contributed by atoms with van der Waals surface area (Å²) in [5.74, 6) is -0.857. The minimum Gasteiger partial charge on any atom is -0.497 e. The molecule has 8 nitrogen and oxygen atoms in total. The smallest absolute Gasteiger partial charge is 0.352 e. The lowest BCUT2D eigenvalue weighted by molar-refractivity contribution is 0.101. The molecule has 34 heavy (non-hydrogen) atoms. The number of ether oxygens (including phenoxy) is 1. The third-order valence-electron chi connectivity index (χ3n) is 5.11. The average molecular weight is 460 g/mol. The van der Waals surface area contributed by atoms with Crippen molar-refractivity contribution in [3.63, 3.8) is 0 Å². The number of aromatic nitrogens is 3. The molecule has 172 valence electrons. The van der Waals surface area contributed by atoms with Crippen LogP contribution in [0.5, 0.6) is 5.75 Å². The van der Waals surface area contributed by atoms with Crippen LogP contribution in [0.1, 0.15) is 21.6 Å². The second kappa shape index (κ2) is 9.53. The Kier molecular flexibility index (Phi) is 6.35. The molecular weight excluding hydrogens is 439 g/mol. The van der Waals surface area contributed by atoms with Crippen molar-refractivity contribution in [3.05, 3.63) is 116 Å². The van der Waals surface area contributed by atoms with Crippen LogP contribution in [0.2, 0.25) is 0 Å². The molecule has 0 aliphatic carbocycles. The molecule has 0 unspecified atom stereocenters. The number of methoxy groups -OCH3 is 1. The lowest BCUT2D eigenvalue weighted by atomic mass is 10.2. The van der Waals surface area contributed by atoms with Crippen molar-refractivity contribution in [1.29, 1.82) is 0 Å². The maximum absolute atomic E-state index is 13.6. The Morgan fingerprint density at radius 2 is 1.76 bits per heavy atom. The Labute approximate surface area is 193 Å². The Balaban J connectivity index is 1.84. The lowest BCUT2D eigenvalue weighted by Gasteiger charge is -2.13. The number of carbonyl (C=O) groups excluding carboxylic acids is 1. The number of benzene rings is 3. The van der Waals surface area contributed by atoms with Crippen LogP contribution in [-0.4, -0.2) is 27.4 Å². The van der Waals surface area contributed by atoms with E-state index in [0.29, 0.717) is 17.0 Å². The van der Waals surface area contributed by atoms with Gasteiger partial charge in [-0.05, 0) is 55.0 Å². The summed E-state index contributed by atoms with van der Waals surface area (Å²) in [6.07, 6.45) is 0. The average Bonchev–Trinajstić information content (AvgIpc) is 2.82. The van der Waals surface area contributed by atoms with Gasteiger partial charge in [-0.1, -0.05) is 35.9 Å². The molecule has 0 aliphatic heterocycles. The van der Waals surface area contributed by atoms with Crippen molar-refractivity contribution >= 4 is 11.6 Å². The second-order valence-electron chi connectivity index (χ2n) is 7.59. The minimum atomic E-state index is -0.870. The number of anilines is 1. The van der Waals surface area contributed by atoms with Gasteiger partial charge >= 0.3 is 5.69 Å². The van der Waals surface area contributed by atoms with Crippen LogP contribution >= 0.6 is 0 Å². The summed E-state index contributed by atoms with van der Waals surface area (Å²) < 4.78 is 20.7. The van der Waals surface area contributed by atoms with Crippen molar-refractivity contribution in [2.75, 3.05) is 12.4 Å². The summed E-state index contributed by atoms with van der Waals surface area (Å²) in [7, 11) is 1.51. The maximum atomic E-state index is 13.6. The first kappa shape index (κ1) is 22.7. The fraction of sp³-hybridized carbons (Fsp3) is 0.120. The van der Waals surface area contributed by atoms with Gasteiger partial charge in [-0.25, -0.2) is 9.18 Å². The Morgan fingerprint density at radius 3 is 2.47 bits per heavy atom. The molecule has 1 amide bonds. The van der Waals surface area contributed by atoms with E-state index in [1.54, 1.807) is 48.5 Å². The predicted octanol–water partition coefficient (Wildman–Crippen LogP) is 3.15. The first-order valence-electron chi connectivity index (χ1n) is 10.4. The van der Waals surface area contributed by atoms with E-state index in [2.05, 4.69) is 10.4 Å². The van der Waals surface area contributed by atoms with Crippen LogP contribution < -0.4 is 21.3 Å². The number of hydrogen-bond donors (Lipinski definition) is 1. The molecule has 0 atom stereocenters. The predicted molar refractivity (Wildman–Crippen MR) is 125 cm³/mol. The molecule has 0 radical (unpaired) electrons. The minimum absolute atomic E-state index is 0.108. The van der Waals surface area contributed by atoms with Gasteiger partial charge in [-0.15, -0.1) is 0 Å². The van der Waals surface area contributed by atoms with E-state index in [1.165, 1.54) is 25.3 Å². The van der Waals surface area contributed by atoms with E-state index < -0.39 is 28.7 Å². The maximum Gasteiger partial charge on any atom is 0.352 e. The molecular formula is C25H21FN4O4. The molecule has 0 bridgehead atoms. The van der Waals surface area contributed by atoms with Gasteiger partial charge in [-0.3, -0.25) is 14.2 Å². The van der Waals surface area contributed by atoms with Crippen molar-refractivity contribution in [3.8, 4) is 11.4 Å². The van der Waals surface area contributed by atoms with Gasteiger partial charge in [0.15, 0.2) is 0 Å². The van der Waals surface area contributed by atoms with Gasteiger partial charge in [0.2, 0.25) is 5.69 Å². The van der Waals surface area contributed by atoms with E-state index >= 15 is 0 Å². The number of aryl methyl sites for hydroxylation is 1. The SMILES string of the molecule is COc1cccc(Cn2c(=O)c(C(=O)Nc3cccc(F)c3)nn(-c3ccc(C)cc3)c2=O)c1. The molecule has 1 N–H and O–H groups in total. The van der Waals surface area contributed by atoms with E-state index in [0.717, 1.165) is 20.9 Å². The zero-order valence-electron chi connectivity index (χ0n) is 18.5. The van der Waals surface area contributed by atoms with Crippen LogP contribution in [0.4, 0.5) is 10.1 Å². The van der Waals surface area contributed by atoms with Crippen LogP contribution in [0.25, 0.3) is 5.69 Å². The molecule has 9 heteroatoms. The van der Waals surface area contributed by atoms with Gasteiger partial charge in [-0.2, -0.15) is 9.78 Å².